The van der Waals surface area contributed by atoms with Crippen LogP contribution in [0.3, 0.4) is 0 Å². The molecule has 1 N–H and O–H groups in total. The van der Waals surface area contributed by atoms with Gasteiger partial charge in [-0.15, -0.1) is 0 Å². The van der Waals surface area contributed by atoms with Crippen LogP contribution < -0.4 is 0 Å². The van der Waals surface area contributed by atoms with Crippen LogP contribution in [0.15, 0.2) is 42.7 Å². The van der Waals surface area contributed by atoms with Gasteiger partial charge in [0.15, 0.2) is 0 Å². The van der Waals surface area contributed by atoms with Gasteiger partial charge in [0.25, 0.3) is 0 Å². The molecule has 1 atom stereocenters. The average molecular weight is 213 g/mol. The van der Waals surface area contributed by atoms with E-state index in [4.69, 9.17) is 0 Å². The van der Waals surface area contributed by atoms with Crippen molar-refractivity contribution in [1.82, 2.24) is 4.57 Å². The second kappa shape index (κ2) is 3.80. The molecule has 1 aromatic carbocycles. The summed E-state index contributed by atoms with van der Waals surface area (Å²) in [6, 6.07) is 10.4. The van der Waals surface area contributed by atoms with Crippen LogP contribution in [0.5, 0.6) is 0 Å². The molecular weight excluding hydrogens is 198 g/mol. The summed E-state index contributed by atoms with van der Waals surface area (Å²) in [5.74, 6) is 0. The molecule has 1 unspecified atom stereocenters. The Morgan fingerprint density at radius 1 is 1.19 bits per heavy atom. The minimum absolute atomic E-state index is 0.262. The molecule has 1 aliphatic rings. The van der Waals surface area contributed by atoms with E-state index in [9.17, 15) is 5.11 Å². The highest BCUT2D eigenvalue weighted by Crippen LogP contribution is 2.30. The lowest BCUT2D eigenvalue weighted by molar-refractivity contribution is 0.156. The normalized spacial score (nSPS) is 19.4. The van der Waals surface area contributed by atoms with Gasteiger partial charge in [-0.3, -0.25) is 0 Å². The van der Waals surface area contributed by atoms with Crippen molar-refractivity contribution >= 4 is 0 Å². The van der Waals surface area contributed by atoms with Crippen molar-refractivity contribution in [3.8, 4) is 5.69 Å². The third-order valence-corrected chi connectivity index (χ3v) is 3.31. The minimum atomic E-state index is -0.262. The second-order valence-electron chi connectivity index (χ2n) is 4.38. The molecule has 2 nitrogen and oxygen atoms in total. The average Bonchev–Trinajstić information content (AvgIpc) is 2.82. The summed E-state index contributed by atoms with van der Waals surface area (Å²) in [5.41, 5.74) is 3.59. The first kappa shape index (κ1) is 9.67. The van der Waals surface area contributed by atoms with E-state index < -0.39 is 0 Å². The molecule has 2 aromatic rings. The molecule has 0 saturated carbocycles. The Hall–Kier alpha value is -1.54. The van der Waals surface area contributed by atoms with Crippen LogP contribution in [0, 0.1) is 0 Å². The summed E-state index contributed by atoms with van der Waals surface area (Å²) in [4.78, 5) is 0. The third-order valence-electron chi connectivity index (χ3n) is 3.31. The van der Waals surface area contributed by atoms with Gasteiger partial charge in [0.1, 0.15) is 0 Å². The number of aryl methyl sites for hydroxylation is 1. The Kier molecular flexibility index (Phi) is 2.29. The maximum atomic E-state index is 9.88. The number of aliphatic hydroxyl groups excluding tert-OH is 1. The molecule has 0 radical (unpaired) electrons. The highest BCUT2D eigenvalue weighted by atomic mass is 16.3. The third kappa shape index (κ3) is 1.55. The van der Waals surface area contributed by atoms with Crippen LogP contribution in [0.1, 0.15) is 30.1 Å². The second-order valence-corrected chi connectivity index (χ2v) is 4.38. The number of hydrogen-bond acceptors (Lipinski definition) is 1. The fourth-order valence-electron chi connectivity index (χ4n) is 2.44. The van der Waals surface area contributed by atoms with Crippen LogP contribution in [-0.2, 0) is 6.42 Å². The SMILES string of the molecule is OC1CCCc2cc(-n3cccc3)ccc21. The quantitative estimate of drug-likeness (QED) is 0.774. The predicted molar refractivity (Wildman–Crippen MR) is 63.7 cm³/mol. The van der Waals surface area contributed by atoms with Gasteiger partial charge < -0.3 is 9.67 Å². The molecule has 16 heavy (non-hydrogen) atoms. The van der Waals surface area contributed by atoms with Crippen molar-refractivity contribution in [3.05, 3.63) is 53.9 Å². The summed E-state index contributed by atoms with van der Waals surface area (Å²) < 4.78 is 2.10. The summed E-state index contributed by atoms with van der Waals surface area (Å²) in [6.07, 6.45) is 6.89. The summed E-state index contributed by atoms with van der Waals surface area (Å²) in [7, 11) is 0. The van der Waals surface area contributed by atoms with Gasteiger partial charge in [-0.2, -0.15) is 0 Å². The van der Waals surface area contributed by atoms with Crippen molar-refractivity contribution in [2.45, 2.75) is 25.4 Å². The van der Waals surface area contributed by atoms with Gasteiger partial charge in [-0.1, -0.05) is 6.07 Å². The minimum Gasteiger partial charge on any atom is -0.388 e. The highest BCUT2D eigenvalue weighted by Gasteiger charge is 2.17. The summed E-state index contributed by atoms with van der Waals surface area (Å²) >= 11 is 0. The standard InChI is InChI=1S/C14H15NO/c16-14-5-3-4-11-10-12(6-7-13(11)14)15-8-1-2-9-15/h1-2,6-10,14,16H,3-5H2. The van der Waals surface area contributed by atoms with Gasteiger partial charge in [0.2, 0.25) is 0 Å². The molecule has 1 aliphatic carbocycles. The van der Waals surface area contributed by atoms with E-state index in [0.717, 1.165) is 24.8 Å². The maximum Gasteiger partial charge on any atom is 0.0792 e. The number of aliphatic hydroxyl groups is 1. The van der Waals surface area contributed by atoms with E-state index in [1.807, 2.05) is 24.5 Å². The molecule has 1 heterocycles. The van der Waals surface area contributed by atoms with E-state index in [1.165, 1.54) is 11.3 Å². The molecular formula is C14H15NO. The molecule has 3 rings (SSSR count). The summed E-state index contributed by atoms with van der Waals surface area (Å²) in [6.45, 7) is 0. The van der Waals surface area contributed by atoms with Gasteiger partial charge in [0, 0.05) is 18.1 Å². The van der Waals surface area contributed by atoms with Crippen LogP contribution in [0.2, 0.25) is 0 Å². The van der Waals surface area contributed by atoms with E-state index in [1.54, 1.807) is 0 Å². The lowest BCUT2D eigenvalue weighted by Gasteiger charge is -2.22. The Balaban J connectivity index is 2.05. The van der Waals surface area contributed by atoms with E-state index in [0.29, 0.717) is 0 Å². The number of benzene rings is 1. The Morgan fingerprint density at radius 2 is 2.00 bits per heavy atom. The van der Waals surface area contributed by atoms with Crippen LogP contribution in [0.4, 0.5) is 0 Å². The van der Waals surface area contributed by atoms with E-state index in [2.05, 4.69) is 22.8 Å². The molecule has 0 spiro atoms. The molecule has 1 aromatic heterocycles. The molecule has 0 bridgehead atoms. The lowest BCUT2D eigenvalue weighted by Crippen LogP contribution is -2.09. The van der Waals surface area contributed by atoms with Crippen LogP contribution in [0.25, 0.3) is 5.69 Å². The smallest absolute Gasteiger partial charge is 0.0792 e. The lowest BCUT2D eigenvalue weighted by atomic mass is 9.89. The van der Waals surface area contributed by atoms with E-state index >= 15 is 0 Å². The molecule has 0 saturated heterocycles. The first-order valence-electron chi connectivity index (χ1n) is 5.79. The zero-order valence-electron chi connectivity index (χ0n) is 9.13. The van der Waals surface area contributed by atoms with Crippen molar-refractivity contribution in [1.29, 1.82) is 0 Å². The van der Waals surface area contributed by atoms with Crippen molar-refractivity contribution in [3.63, 3.8) is 0 Å². The van der Waals surface area contributed by atoms with Crippen molar-refractivity contribution < 1.29 is 5.11 Å². The largest absolute Gasteiger partial charge is 0.388 e. The fraction of sp³-hybridized carbons (Fsp3) is 0.286. The molecule has 82 valence electrons. The first-order chi connectivity index (χ1) is 7.84. The number of hydrogen-bond donors (Lipinski definition) is 1. The molecule has 0 amide bonds. The number of nitrogens with zero attached hydrogens (tertiary/aromatic N) is 1. The Bertz CT molecular complexity index is 487. The van der Waals surface area contributed by atoms with Crippen molar-refractivity contribution in [2.24, 2.45) is 0 Å². The zero-order valence-corrected chi connectivity index (χ0v) is 9.13. The fourth-order valence-corrected chi connectivity index (χ4v) is 2.44. The zero-order chi connectivity index (χ0) is 11.0. The van der Waals surface area contributed by atoms with E-state index in [-0.39, 0.29) is 6.10 Å². The van der Waals surface area contributed by atoms with Crippen molar-refractivity contribution in [2.75, 3.05) is 0 Å². The summed E-state index contributed by atoms with van der Waals surface area (Å²) in [5, 5.41) is 9.88. The van der Waals surface area contributed by atoms with Crippen LogP contribution in [-0.4, -0.2) is 9.67 Å². The molecule has 0 aliphatic heterocycles. The Labute approximate surface area is 95.2 Å². The van der Waals surface area contributed by atoms with Gasteiger partial charge in [-0.25, -0.2) is 0 Å². The number of fused-ring (bicyclic) bond motifs is 1. The van der Waals surface area contributed by atoms with Gasteiger partial charge in [-0.05, 0) is 54.7 Å². The monoisotopic (exact) mass is 213 g/mol. The van der Waals surface area contributed by atoms with Gasteiger partial charge >= 0.3 is 0 Å². The predicted octanol–water partition coefficient (Wildman–Crippen LogP) is 2.85. The molecule has 2 heteroatoms. The maximum absolute atomic E-state index is 9.88. The topological polar surface area (TPSA) is 25.2 Å². The number of aromatic nitrogens is 1. The Morgan fingerprint density at radius 3 is 2.81 bits per heavy atom. The highest BCUT2D eigenvalue weighted by molar-refractivity contribution is 5.43. The molecule has 0 fully saturated rings. The van der Waals surface area contributed by atoms with Crippen LogP contribution >= 0.6 is 0 Å². The number of rotatable bonds is 1. The first-order valence-corrected chi connectivity index (χ1v) is 5.79. The van der Waals surface area contributed by atoms with Gasteiger partial charge in [0.05, 0.1) is 6.10 Å².